The second-order valence-corrected chi connectivity index (χ2v) is 9.10. The normalized spacial score (nSPS) is 15.1. The van der Waals surface area contributed by atoms with E-state index in [1.165, 1.54) is 0 Å². The molecule has 1 fully saturated rings. The van der Waals surface area contributed by atoms with Gasteiger partial charge < -0.3 is 15.0 Å². The Hall–Kier alpha value is -3.29. The van der Waals surface area contributed by atoms with Gasteiger partial charge in [-0.3, -0.25) is 19.1 Å². The van der Waals surface area contributed by atoms with Crippen molar-refractivity contribution in [2.45, 2.75) is 24.4 Å². The Bertz CT molecular complexity index is 1320. The number of nitrogens with zero attached hydrogens (tertiary/aromatic N) is 3. The molecule has 1 aliphatic heterocycles. The predicted molar refractivity (Wildman–Crippen MR) is 113 cm³/mol. The summed E-state index contributed by atoms with van der Waals surface area (Å²) in [6, 6.07) is 7.46. The number of carbonyl (C=O) groups is 1. The molecule has 3 heterocycles. The van der Waals surface area contributed by atoms with E-state index in [2.05, 4.69) is 15.3 Å². The van der Waals surface area contributed by atoms with Crippen molar-refractivity contribution >= 4 is 27.0 Å². The van der Waals surface area contributed by atoms with Crippen LogP contribution in [0.3, 0.4) is 0 Å². The third-order valence-electron chi connectivity index (χ3n) is 5.04. The summed E-state index contributed by atoms with van der Waals surface area (Å²) < 4.78 is 32.9. The highest BCUT2D eigenvalue weighted by molar-refractivity contribution is 7.89. The zero-order valence-corrected chi connectivity index (χ0v) is 17.9. The maximum atomic E-state index is 12.8. The molecule has 3 N–H and O–H groups in total. The molecule has 1 saturated heterocycles. The van der Waals surface area contributed by atoms with Crippen molar-refractivity contribution in [1.29, 1.82) is 0 Å². The minimum absolute atomic E-state index is 0.0940. The first kappa shape index (κ1) is 21.9. The lowest BCUT2D eigenvalue weighted by Crippen LogP contribution is -2.44. The quantitative estimate of drug-likeness (QED) is 0.412. The number of ether oxygens (including phenoxy) is 1. The number of para-hydroxylation sites is 2. The minimum Gasteiger partial charge on any atom is -0.379 e. The summed E-state index contributed by atoms with van der Waals surface area (Å²) in [5.74, 6) is 0.223. The maximum absolute atomic E-state index is 12.8. The summed E-state index contributed by atoms with van der Waals surface area (Å²) in [7, 11) is -4.09. The van der Waals surface area contributed by atoms with Gasteiger partial charge in [-0.2, -0.15) is 4.31 Å². The molecule has 12 nitrogen and oxygen atoms in total. The van der Waals surface area contributed by atoms with E-state index in [1.54, 1.807) is 0 Å². The van der Waals surface area contributed by atoms with Gasteiger partial charge in [-0.15, -0.1) is 0 Å². The van der Waals surface area contributed by atoms with Gasteiger partial charge in [0.25, 0.3) is 5.56 Å². The SMILES string of the molecule is O=C(CCn1cc(S(=O)(=O)N2CCOCC2)c(=O)[nH]c1=O)NCc1nc2ccccc2[nH]1. The number of benzene rings is 1. The van der Waals surface area contributed by atoms with Crippen LogP contribution in [0.2, 0.25) is 0 Å². The van der Waals surface area contributed by atoms with E-state index in [0.29, 0.717) is 5.82 Å². The first-order chi connectivity index (χ1) is 15.3. The summed E-state index contributed by atoms with van der Waals surface area (Å²) in [5.41, 5.74) is -0.149. The molecule has 2 aromatic heterocycles. The van der Waals surface area contributed by atoms with Crippen LogP contribution in [0.25, 0.3) is 11.0 Å². The van der Waals surface area contributed by atoms with Crippen molar-refractivity contribution in [3.63, 3.8) is 0 Å². The van der Waals surface area contributed by atoms with Crippen LogP contribution in [0.15, 0.2) is 44.9 Å². The van der Waals surface area contributed by atoms with E-state index in [1.807, 2.05) is 29.2 Å². The largest absolute Gasteiger partial charge is 0.379 e. The number of amides is 1. The van der Waals surface area contributed by atoms with Crippen molar-refractivity contribution in [2.24, 2.45) is 0 Å². The molecule has 0 unspecified atom stereocenters. The number of carbonyl (C=O) groups excluding carboxylic acids is 1. The van der Waals surface area contributed by atoms with E-state index in [0.717, 1.165) is 26.1 Å². The van der Waals surface area contributed by atoms with Gasteiger partial charge in [-0.25, -0.2) is 18.2 Å². The second-order valence-electron chi connectivity index (χ2n) is 7.19. The summed E-state index contributed by atoms with van der Waals surface area (Å²) in [5, 5.41) is 2.70. The molecule has 4 rings (SSSR count). The molecule has 32 heavy (non-hydrogen) atoms. The van der Waals surface area contributed by atoms with Gasteiger partial charge in [-0.05, 0) is 12.1 Å². The fourth-order valence-corrected chi connectivity index (χ4v) is 4.80. The molecule has 0 spiro atoms. The number of rotatable bonds is 7. The molecule has 0 bridgehead atoms. The summed E-state index contributed by atoms with van der Waals surface area (Å²) >= 11 is 0. The van der Waals surface area contributed by atoms with Crippen LogP contribution in [0.5, 0.6) is 0 Å². The Morgan fingerprint density at radius 1 is 1.16 bits per heavy atom. The highest BCUT2D eigenvalue weighted by Crippen LogP contribution is 2.13. The van der Waals surface area contributed by atoms with Crippen LogP contribution < -0.4 is 16.6 Å². The summed E-state index contributed by atoms with van der Waals surface area (Å²) in [6.45, 7) is 0.748. The van der Waals surface area contributed by atoms with Gasteiger partial charge in [0.15, 0.2) is 4.90 Å². The Morgan fingerprint density at radius 3 is 2.66 bits per heavy atom. The summed E-state index contributed by atoms with van der Waals surface area (Å²) in [6.07, 6.45) is 0.891. The molecule has 1 aliphatic rings. The molecule has 0 aliphatic carbocycles. The van der Waals surface area contributed by atoms with Crippen LogP contribution in [0, 0.1) is 0 Å². The van der Waals surface area contributed by atoms with Gasteiger partial charge in [0.05, 0.1) is 30.8 Å². The van der Waals surface area contributed by atoms with E-state index < -0.39 is 26.2 Å². The number of hydrogen-bond acceptors (Lipinski definition) is 7. The fourth-order valence-electron chi connectivity index (χ4n) is 3.35. The highest BCUT2D eigenvalue weighted by Gasteiger charge is 2.29. The number of morpholine rings is 1. The lowest BCUT2D eigenvalue weighted by atomic mass is 10.3. The summed E-state index contributed by atoms with van der Waals surface area (Å²) in [4.78, 5) is 45.4. The maximum Gasteiger partial charge on any atom is 0.328 e. The van der Waals surface area contributed by atoms with Crippen LogP contribution in [0.4, 0.5) is 0 Å². The molecule has 13 heteroatoms. The van der Waals surface area contributed by atoms with E-state index in [4.69, 9.17) is 4.74 Å². The van der Waals surface area contributed by atoms with Gasteiger partial charge in [0, 0.05) is 32.3 Å². The van der Waals surface area contributed by atoms with Gasteiger partial charge in [-0.1, -0.05) is 12.1 Å². The zero-order valence-electron chi connectivity index (χ0n) is 17.0. The van der Waals surface area contributed by atoms with Crippen molar-refractivity contribution in [3.05, 3.63) is 57.1 Å². The zero-order chi connectivity index (χ0) is 22.7. The van der Waals surface area contributed by atoms with Crippen molar-refractivity contribution < 1.29 is 17.9 Å². The lowest BCUT2D eigenvalue weighted by Gasteiger charge is -2.25. The second kappa shape index (κ2) is 9.06. The Kier molecular flexibility index (Phi) is 6.21. The molecule has 0 saturated carbocycles. The molecule has 170 valence electrons. The average Bonchev–Trinajstić information content (AvgIpc) is 3.20. The smallest absolute Gasteiger partial charge is 0.328 e. The van der Waals surface area contributed by atoms with Crippen molar-refractivity contribution in [3.8, 4) is 0 Å². The predicted octanol–water partition coefficient (Wildman–Crippen LogP) is -0.860. The number of aryl methyl sites for hydroxylation is 1. The number of fused-ring (bicyclic) bond motifs is 1. The van der Waals surface area contributed by atoms with Gasteiger partial charge >= 0.3 is 5.69 Å². The monoisotopic (exact) mass is 462 g/mol. The number of hydrogen-bond donors (Lipinski definition) is 3. The third-order valence-corrected chi connectivity index (χ3v) is 6.93. The van der Waals surface area contributed by atoms with E-state index in [9.17, 15) is 22.8 Å². The number of sulfonamides is 1. The molecular formula is C19H22N6O6S. The lowest BCUT2D eigenvalue weighted by molar-refractivity contribution is -0.121. The average molecular weight is 462 g/mol. The molecule has 0 atom stereocenters. The molecule has 3 aromatic rings. The minimum atomic E-state index is -4.09. The molecule has 1 aromatic carbocycles. The number of H-pyrrole nitrogens is 2. The highest BCUT2D eigenvalue weighted by atomic mass is 32.2. The van der Waals surface area contributed by atoms with Crippen molar-refractivity contribution in [1.82, 2.24) is 29.1 Å². The van der Waals surface area contributed by atoms with Gasteiger partial charge in [0.2, 0.25) is 15.9 Å². The third kappa shape index (κ3) is 4.64. The van der Waals surface area contributed by atoms with E-state index in [-0.39, 0.29) is 51.7 Å². The van der Waals surface area contributed by atoms with Crippen LogP contribution in [-0.4, -0.2) is 64.5 Å². The van der Waals surface area contributed by atoms with E-state index >= 15 is 0 Å². The van der Waals surface area contributed by atoms with Crippen LogP contribution >= 0.6 is 0 Å². The Balaban J connectivity index is 1.42. The number of imidazole rings is 1. The Morgan fingerprint density at radius 2 is 1.91 bits per heavy atom. The molecule has 0 radical (unpaired) electrons. The van der Waals surface area contributed by atoms with Gasteiger partial charge in [0.1, 0.15) is 5.82 Å². The van der Waals surface area contributed by atoms with Crippen molar-refractivity contribution in [2.75, 3.05) is 26.3 Å². The topological polar surface area (TPSA) is 159 Å². The van der Waals surface area contributed by atoms with Crippen LogP contribution in [-0.2, 0) is 32.6 Å². The first-order valence-corrected chi connectivity index (χ1v) is 11.4. The molecule has 1 amide bonds. The molecular weight excluding hydrogens is 440 g/mol. The Labute approximate surface area is 182 Å². The first-order valence-electron chi connectivity index (χ1n) is 9.96. The number of aromatic nitrogens is 4. The standard InChI is InChI=1S/C19H22N6O6S/c26-17(20-11-16-21-13-3-1-2-4-14(13)22-16)5-6-24-12-15(18(27)23-19(24)28)32(29,30)25-7-9-31-10-8-25/h1-4,12H,5-11H2,(H,20,26)(H,21,22)(H,23,27,28). The van der Waals surface area contributed by atoms with Crippen LogP contribution in [0.1, 0.15) is 12.2 Å². The number of nitrogens with one attached hydrogen (secondary N) is 3. The number of aromatic amines is 2. The fraction of sp³-hybridized carbons (Fsp3) is 0.368.